The summed E-state index contributed by atoms with van der Waals surface area (Å²) in [7, 11) is 0. The molecule has 1 heterocycles. The first-order valence-corrected chi connectivity index (χ1v) is 8.50. The molecule has 0 aliphatic carbocycles. The van der Waals surface area contributed by atoms with Gasteiger partial charge in [-0.25, -0.2) is 14.6 Å². The molecule has 1 atom stereocenters. The number of aliphatic hydroxyl groups is 1. The molecule has 5 N–H and O–H groups in total. The fraction of sp³-hybridized carbons (Fsp3) is 0.389. The van der Waals surface area contributed by atoms with Gasteiger partial charge in [-0.05, 0) is 38.5 Å². The summed E-state index contributed by atoms with van der Waals surface area (Å²) >= 11 is 0. The van der Waals surface area contributed by atoms with Crippen LogP contribution in [0.5, 0.6) is 0 Å². The quantitative estimate of drug-likeness (QED) is 0.529. The lowest BCUT2D eigenvalue weighted by atomic mass is 10.2. The number of anilines is 1. The molecule has 0 saturated heterocycles. The number of hydrogen-bond acceptors (Lipinski definition) is 5. The van der Waals surface area contributed by atoms with Gasteiger partial charge in [0, 0.05) is 24.6 Å². The second-order valence-corrected chi connectivity index (χ2v) is 6.86. The molecule has 3 amide bonds. The van der Waals surface area contributed by atoms with Crippen molar-refractivity contribution in [3.8, 4) is 0 Å². The predicted molar refractivity (Wildman–Crippen MR) is 100 cm³/mol. The second-order valence-electron chi connectivity index (χ2n) is 6.86. The van der Waals surface area contributed by atoms with Crippen LogP contribution in [0.15, 0.2) is 36.7 Å². The molecule has 146 valence electrons. The van der Waals surface area contributed by atoms with Crippen LogP contribution < -0.4 is 16.0 Å². The summed E-state index contributed by atoms with van der Waals surface area (Å²) in [6.07, 6.45) is 2.64. The van der Waals surface area contributed by atoms with Crippen LogP contribution in [-0.4, -0.2) is 39.4 Å². The largest absolute Gasteiger partial charge is 0.444 e. The van der Waals surface area contributed by atoms with E-state index in [1.54, 1.807) is 51.4 Å². The van der Waals surface area contributed by atoms with Crippen molar-refractivity contribution in [1.29, 1.82) is 0 Å². The van der Waals surface area contributed by atoms with E-state index in [0.29, 0.717) is 11.5 Å². The summed E-state index contributed by atoms with van der Waals surface area (Å²) in [6.45, 7) is 5.34. The first kappa shape index (κ1) is 20.2. The number of nitrogens with one attached hydrogen (secondary N) is 4. The zero-order valence-electron chi connectivity index (χ0n) is 15.6. The number of carbonyl (C=O) groups is 2. The van der Waals surface area contributed by atoms with Gasteiger partial charge in [0.05, 0.1) is 6.61 Å². The van der Waals surface area contributed by atoms with Crippen LogP contribution in [0.4, 0.5) is 15.3 Å². The lowest BCUT2D eigenvalue weighted by molar-refractivity contribution is 0.0523. The van der Waals surface area contributed by atoms with Gasteiger partial charge in [-0.2, -0.15) is 0 Å². The van der Waals surface area contributed by atoms with E-state index in [9.17, 15) is 14.7 Å². The van der Waals surface area contributed by atoms with E-state index in [2.05, 4.69) is 25.9 Å². The summed E-state index contributed by atoms with van der Waals surface area (Å²) < 4.78 is 5.18. The number of aromatic nitrogens is 2. The Morgan fingerprint density at radius 1 is 1.33 bits per heavy atom. The molecule has 1 aromatic carbocycles. The molecular formula is C18H25N5O4. The number of imidazole rings is 1. The van der Waals surface area contributed by atoms with Gasteiger partial charge in [-0.3, -0.25) is 0 Å². The summed E-state index contributed by atoms with van der Waals surface area (Å²) in [5, 5.41) is 17.4. The maximum atomic E-state index is 12.1. The molecule has 9 nitrogen and oxygen atoms in total. The van der Waals surface area contributed by atoms with Crippen LogP contribution in [0.1, 0.15) is 38.2 Å². The molecule has 0 fully saturated rings. The lowest BCUT2D eigenvalue weighted by Crippen LogP contribution is -2.35. The highest BCUT2D eigenvalue weighted by atomic mass is 16.6. The average Bonchev–Trinajstić information content (AvgIpc) is 3.11. The highest BCUT2D eigenvalue weighted by molar-refractivity contribution is 5.89. The Morgan fingerprint density at radius 3 is 2.74 bits per heavy atom. The normalized spacial score (nSPS) is 12.1. The Morgan fingerprint density at radius 2 is 2.11 bits per heavy atom. The number of alkyl carbamates (subject to hydrolysis) is 1. The number of H-pyrrole nitrogens is 1. The summed E-state index contributed by atoms with van der Waals surface area (Å²) in [4.78, 5) is 30.7. The number of hydrogen-bond donors (Lipinski definition) is 5. The Balaban J connectivity index is 1.89. The highest BCUT2D eigenvalue weighted by Crippen LogP contribution is 2.12. The van der Waals surface area contributed by atoms with Gasteiger partial charge in [0.1, 0.15) is 17.5 Å². The van der Waals surface area contributed by atoms with Crippen molar-refractivity contribution < 1.29 is 19.4 Å². The fourth-order valence-electron chi connectivity index (χ4n) is 2.24. The molecule has 1 aromatic heterocycles. The average molecular weight is 375 g/mol. The molecule has 9 heteroatoms. The molecule has 27 heavy (non-hydrogen) atoms. The number of aromatic amines is 1. The standard InChI is InChI=1S/C18H25N5O4/c1-18(2,3)27-17(26)21-10-12-5-4-6-13(9-12)22-16(25)23-14(11-24)15-19-7-8-20-15/h4-9,14,24H,10-11H2,1-3H3,(H,19,20)(H,21,26)(H2,22,23,25). The van der Waals surface area contributed by atoms with Gasteiger partial charge in [0.25, 0.3) is 0 Å². The zero-order valence-corrected chi connectivity index (χ0v) is 15.6. The van der Waals surface area contributed by atoms with Crippen molar-refractivity contribution >= 4 is 17.8 Å². The van der Waals surface area contributed by atoms with E-state index in [-0.39, 0.29) is 13.2 Å². The van der Waals surface area contributed by atoms with Gasteiger partial charge >= 0.3 is 12.1 Å². The number of ether oxygens (including phenoxy) is 1. The van der Waals surface area contributed by atoms with Crippen molar-refractivity contribution in [1.82, 2.24) is 20.6 Å². The highest BCUT2D eigenvalue weighted by Gasteiger charge is 2.17. The number of benzene rings is 1. The van der Waals surface area contributed by atoms with Gasteiger partial charge in [0.2, 0.25) is 0 Å². The summed E-state index contributed by atoms with van der Waals surface area (Å²) in [5.41, 5.74) is 0.776. The molecular weight excluding hydrogens is 350 g/mol. The van der Waals surface area contributed by atoms with Crippen LogP contribution in [0.2, 0.25) is 0 Å². The Labute approximate surface area is 157 Å². The number of rotatable bonds is 6. The molecule has 1 unspecified atom stereocenters. The SMILES string of the molecule is CC(C)(C)OC(=O)NCc1cccc(NC(=O)NC(CO)c2ncc[nH]2)c1. The number of urea groups is 1. The number of amides is 3. The van der Waals surface area contributed by atoms with Crippen molar-refractivity contribution in [2.75, 3.05) is 11.9 Å². The Hall–Kier alpha value is -3.07. The molecule has 2 aromatic rings. The minimum absolute atomic E-state index is 0.262. The van der Waals surface area contributed by atoms with Crippen molar-refractivity contribution in [2.45, 2.75) is 39.0 Å². The van der Waals surface area contributed by atoms with E-state index < -0.39 is 23.8 Å². The van der Waals surface area contributed by atoms with E-state index in [0.717, 1.165) is 5.56 Å². The molecule has 0 saturated carbocycles. The van der Waals surface area contributed by atoms with Crippen molar-refractivity contribution in [3.63, 3.8) is 0 Å². The van der Waals surface area contributed by atoms with Gasteiger partial charge in [0.15, 0.2) is 0 Å². The van der Waals surface area contributed by atoms with Gasteiger partial charge in [-0.1, -0.05) is 12.1 Å². The maximum Gasteiger partial charge on any atom is 0.407 e. The minimum atomic E-state index is -0.642. The zero-order chi connectivity index (χ0) is 19.9. The molecule has 0 aliphatic heterocycles. The molecule has 0 bridgehead atoms. The van der Waals surface area contributed by atoms with Crippen LogP contribution >= 0.6 is 0 Å². The third-order valence-electron chi connectivity index (χ3n) is 3.36. The lowest BCUT2D eigenvalue weighted by Gasteiger charge is -2.19. The number of nitrogens with zero attached hydrogens (tertiary/aromatic N) is 1. The van der Waals surface area contributed by atoms with Crippen LogP contribution in [0, 0.1) is 0 Å². The van der Waals surface area contributed by atoms with Crippen LogP contribution in [-0.2, 0) is 11.3 Å². The number of carbonyl (C=O) groups excluding carboxylic acids is 2. The monoisotopic (exact) mass is 375 g/mol. The topological polar surface area (TPSA) is 128 Å². The fourth-order valence-corrected chi connectivity index (χ4v) is 2.24. The maximum absolute atomic E-state index is 12.1. The molecule has 0 spiro atoms. The number of aliphatic hydroxyl groups excluding tert-OH is 1. The van der Waals surface area contributed by atoms with E-state index in [4.69, 9.17) is 4.74 Å². The molecule has 0 aliphatic rings. The minimum Gasteiger partial charge on any atom is -0.444 e. The predicted octanol–water partition coefficient (Wildman–Crippen LogP) is 2.29. The second kappa shape index (κ2) is 9.04. The van der Waals surface area contributed by atoms with E-state index in [1.807, 2.05) is 6.07 Å². The van der Waals surface area contributed by atoms with Crippen LogP contribution in [0.25, 0.3) is 0 Å². The molecule has 2 rings (SSSR count). The Bertz CT molecular complexity index is 755. The van der Waals surface area contributed by atoms with E-state index >= 15 is 0 Å². The van der Waals surface area contributed by atoms with Crippen LogP contribution in [0.3, 0.4) is 0 Å². The summed E-state index contributed by atoms with van der Waals surface area (Å²) in [5.74, 6) is 0.461. The first-order chi connectivity index (χ1) is 12.8. The van der Waals surface area contributed by atoms with Crippen molar-refractivity contribution in [2.24, 2.45) is 0 Å². The van der Waals surface area contributed by atoms with Gasteiger partial charge in [-0.15, -0.1) is 0 Å². The third kappa shape index (κ3) is 6.98. The van der Waals surface area contributed by atoms with E-state index in [1.165, 1.54) is 0 Å². The first-order valence-electron chi connectivity index (χ1n) is 8.50. The van der Waals surface area contributed by atoms with Gasteiger partial charge < -0.3 is 30.8 Å². The smallest absolute Gasteiger partial charge is 0.407 e. The Kier molecular flexibility index (Phi) is 6.78. The third-order valence-corrected chi connectivity index (χ3v) is 3.36. The molecule has 0 radical (unpaired) electrons. The van der Waals surface area contributed by atoms with Crippen molar-refractivity contribution in [3.05, 3.63) is 48.0 Å². The summed E-state index contributed by atoms with van der Waals surface area (Å²) in [6, 6.07) is 5.91.